The third-order valence-electron chi connectivity index (χ3n) is 4.34. The molecule has 9 nitrogen and oxygen atoms in total. The summed E-state index contributed by atoms with van der Waals surface area (Å²) >= 11 is 0. The van der Waals surface area contributed by atoms with Gasteiger partial charge in [-0.3, -0.25) is 23.9 Å². The fraction of sp³-hybridized carbons (Fsp3) is 0.250. The number of hydrogen-bond donors (Lipinski definition) is 2. The Hall–Kier alpha value is -3.75. The Morgan fingerprint density at radius 3 is 2.45 bits per heavy atom. The van der Waals surface area contributed by atoms with Crippen molar-refractivity contribution in [3.05, 3.63) is 68.5 Å². The monoisotopic (exact) mass is 395 g/mol. The molecule has 0 atom stereocenters. The molecule has 0 unspecified atom stereocenters. The van der Waals surface area contributed by atoms with Crippen LogP contribution < -0.4 is 16.6 Å². The molecule has 0 radical (unpaired) electrons. The quantitative estimate of drug-likeness (QED) is 0.678. The van der Waals surface area contributed by atoms with Crippen molar-refractivity contribution in [2.45, 2.75) is 19.9 Å². The molecule has 2 heterocycles. The van der Waals surface area contributed by atoms with Crippen LogP contribution in [0.1, 0.15) is 34.1 Å². The Kier molecular flexibility index (Phi) is 5.58. The van der Waals surface area contributed by atoms with Crippen LogP contribution in [0.3, 0.4) is 0 Å². The number of aryl methyl sites for hydroxylation is 1. The number of anilines is 1. The zero-order chi connectivity index (χ0) is 21.1. The van der Waals surface area contributed by atoms with Crippen molar-refractivity contribution in [1.29, 1.82) is 0 Å². The number of aromatic nitrogens is 3. The number of amides is 2. The molecule has 0 saturated heterocycles. The molecule has 29 heavy (non-hydrogen) atoms. The molecule has 2 N–H and O–H groups in total. The lowest BCUT2D eigenvalue weighted by Gasteiger charge is -2.11. The number of pyridine rings is 1. The first-order chi connectivity index (χ1) is 13.8. The van der Waals surface area contributed by atoms with Crippen molar-refractivity contribution in [3.63, 3.8) is 0 Å². The van der Waals surface area contributed by atoms with Crippen LogP contribution in [0.2, 0.25) is 0 Å². The molecular formula is C20H21N5O4. The average molecular weight is 395 g/mol. The number of rotatable bonds is 5. The summed E-state index contributed by atoms with van der Waals surface area (Å²) in [4.78, 5) is 56.5. The van der Waals surface area contributed by atoms with Crippen LogP contribution in [0.4, 0.5) is 5.69 Å². The zero-order valence-corrected chi connectivity index (χ0v) is 16.4. The second-order valence-electron chi connectivity index (χ2n) is 6.74. The van der Waals surface area contributed by atoms with Crippen LogP contribution in [0.15, 0.2) is 46.1 Å². The van der Waals surface area contributed by atoms with E-state index in [-0.39, 0.29) is 22.5 Å². The van der Waals surface area contributed by atoms with E-state index in [9.17, 15) is 19.2 Å². The highest BCUT2D eigenvalue weighted by atomic mass is 16.2. The van der Waals surface area contributed by atoms with Gasteiger partial charge in [0.2, 0.25) is 0 Å². The third-order valence-corrected chi connectivity index (χ3v) is 4.34. The standard InChI is InChI=1S/C20H21N5O4/c1-4-9-25-16-15(18(27)23-20(25)29)10-13(11-21-16)17(26)22-14-7-5-12(6-8-14)19(28)24(2)3/h5-8,10-11H,4,9H2,1-3H3,(H,22,26)(H,23,27,29). The lowest BCUT2D eigenvalue weighted by molar-refractivity contribution is 0.0827. The molecule has 9 heteroatoms. The van der Waals surface area contributed by atoms with Crippen molar-refractivity contribution in [2.24, 2.45) is 0 Å². The second kappa shape index (κ2) is 8.09. The van der Waals surface area contributed by atoms with Crippen molar-refractivity contribution in [3.8, 4) is 0 Å². The molecule has 0 aliphatic rings. The number of aromatic amines is 1. The highest BCUT2D eigenvalue weighted by Crippen LogP contribution is 2.14. The van der Waals surface area contributed by atoms with Gasteiger partial charge >= 0.3 is 5.69 Å². The summed E-state index contributed by atoms with van der Waals surface area (Å²) in [6.45, 7) is 2.31. The number of H-pyrrole nitrogens is 1. The first kappa shape index (κ1) is 20.0. The van der Waals surface area contributed by atoms with Crippen LogP contribution in [0, 0.1) is 0 Å². The molecule has 150 valence electrons. The van der Waals surface area contributed by atoms with Gasteiger partial charge in [0.15, 0.2) is 0 Å². The molecule has 2 aromatic heterocycles. The number of benzene rings is 1. The van der Waals surface area contributed by atoms with Gasteiger partial charge in [-0.25, -0.2) is 9.78 Å². The van der Waals surface area contributed by atoms with Gasteiger partial charge in [-0.15, -0.1) is 0 Å². The predicted molar refractivity (Wildman–Crippen MR) is 109 cm³/mol. The fourth-order valence-corrected chi connectivity index (χ4v) is 2.88. The first-order valence-electron chi connectivity index (χ1n) is 9.07. The van der Waals surface area contributed by atoms with E-state index in [1.54, 1.807) is 38.4 Å². The van der Waals surface area contributed by atoms with Crippen LogP contribution in [-0.2, 0) is 6.54 Å². The lowest BCUT2D eigenvalue weighted by Crippen LogP contribution is -2.31. The van der Waals surface area contributed by atoms with E-state index in [1.165, 1.54) is 21.7 Å². The number of nitrogens with zero attached hydrogens (tertiary/aromatic N) is 3. The molecule has 0 bridgehead atoms. The van der Waals surface area contributed by atoms with E-state index in [4.69, 9.17) is 0 Å². The van der Waals surface area contributed by atoms with Crippen molar-refractivity contribution in [1.82, 2.24) is 19.4 Å². The van der Waals surface area contributed by atoms with E-state index < -0.39 is 17.2 Å². The molecule has 3 aromatic rings. The topological polar surface area (TPSA) is 117 Å². The van der Waals surface area contributed by atoms with E-state index in [2.05, 4.69) is 15.3 Å². The summed E-state index contributed by atoms with van der Waals surface area (Å²) in [6.07, 6.45) is 2.02. The summed E-state index contributed by atoms with van der Waals surface area (Å²) in [5, 5.41) is 2.87. The van der Waals surface area contributed by atoms with Gasteiger partial charge in [0.05, 0.1) is 10.9 Å². The predicted octanol–water partition coefficient (Wildman–Crippen LogP) is 1.45. The molecule has 0 aliphatic heterocycles. The maximum atomic E-state index is 12.6. The second-order valence-corrected chi connectivity index (χ2v) is 6.74. The molecule has 0 fully saturated rings. The van der Waals surface area contributed by atoms with Crippen molar-refractivity contribution < 1.29 is 9.59 Å². The largest absolute Gasteiger partial charge is 0.345 e. The Balaban J connectivity index is 1.89. The number of carbonyl (C=O) groups is 2. The highest BCUT2D eigenvalue weighted by Gasteiger charge is 2.14. The Labute approximate surface area is 166 Å². The van der Waals surface area contributed by atoms with E-state index >= 15 is 0 Å². The SMILES string of the molecule is CCCn1c(=O)[nH]c(=O)c2cc(C(=O)Nc3ccc(C(=O)N(C)C)cc3)cnc21. The Bertz CT molecular complexity index is 1190. The van der Waals surface area contributed by atoms with Gasteiger partial charge in [-0.2, -0.15) is 0 Å². The number of nitrogens with one attached hydrogen (secondary N) is 2. The van der Waals surface area contributed by atoms with Gasteiger partial charge in [-0.1, -0.05) is 6.92 Å². The van der Waals surface area contributed by atoms with E-state index in [0.29, 0.717) is 24.2 Å². The number of hydrogen-bond acceptors (Lipinski definition) is 5. The van der Waals surface area contributed by atoms with E-state index in [1.807, 2.05) is 6.92 Å². The van der Waals surface area contributed by atoms with Gasteiger partial charge in [0.1, 0.15) is 5.65 Å². The molecule has 2 amide bonds. The molecule has 0 aliphatic carbocycles. The minimum atomic E-state index is -0.592. The van der Waals surface area contributed by atoms with Crippen molar-refractivity contribution >= 4 is 28.5 Å². The molecule has 0 saturated carbocycles. The minimum absolute atomic E-state index is 0.140. The molecular weight excluding hydrogens is 374 g/mol. The fourth-order valence-electron chi connectivity index (χ4n) is 2.88. The van der Waals surface area contributed by atoms with Crippen LogP contribution >= 0.6 is 0 Å². The van der Waals surface area contributed by atoms with Gasteiger partial charge in [-0.05, 0) is 36.8 Å². The van der Waals surface area contributed by atoms with Crippen LogP contribution in [-0.4, -0.2) is 45.3 Å². The van der Waals surface area contributed by atoms with Gasteiger partial charge < -0.3 is 10.2 Å². The van der Waals surface area contributed by atoms with Gasteiger partial charge in [0, 0.05) is 38.1 Å². The maximum absolute atomic E-state index is 12.6. The third kappa shape index (κ3) is 4.08. The smallest absolute Gasteiger partial charge is 0.329 e. The highest BCUT2D eigenvalue weighted by molar-refractivity contribution is 6.05. The molecule has 0 spiro atoms. The van der Waals surface area contributed by atoms with Crippen LogP contribution in [0.5, 0.6) is 0 Å². The Morgan fingerprint density at radius 1 is 1.14 bits per heavy atom. The minimum Gasteiger partial charge on any atom is -0.345 e. The normalized spacial score (nSPS) is 10.7. The lowest BCUT2D eigenvalue weighted by atomic mass is 10.1. The summed E-state index contributed by atoms with van der Waals surface area (Å²) < 4.78 is 1.37. The Morgan fingerprint density at radius 2 is 1.83 bits per heavy atom. The zero-order valence-electron chi connectivity index (χ0n) is 16.4. The first-order valence-corrected chi connectivity index (χ1v) is 9.07. The summed E-state index contributed by atoms with van der Waals surface area (Å²) in [7, 11) is 3.32. The summed E-state index contributed by atoms with van der Waals surface area (Å²) in [5.41, 5.74) is 0.297. The van der Waals surface area contributed by atoms with Crippen LogP contribution in [0.25, 0.3) is 11.0 Å². The average Bonchev–Trinajstić information content (AvgIpc) is 2.70. The maximum Gasteiger partial charge on any atom is 0.329 e. The van der Waals surface area contributed by atoms with Crippen molar-refractivity contribution in [2.75, 3.05) is 19.4 Å². The van der Waals surface area contributed by atoms with Gasteiger partial charge in [0.25, 0.3) is 17.4 Å². The summed E-state index contributed by atoms with van der Waals surface area (Å²) in [6, 6.07) is 7.88. The molecule has 1 aromatic carbocycles. The van der Waals surface area contributed by atoms with E-state index in [0.717, 1.165) is 0 Å². The number of fused-ring (bicyclic) bond motifs is 1. The number of carbonyl (C=O) groups excluding carboxylic acids is 2. The summed E-state index contributed by atoms with van der Waals surface area (Å²) in [5.74, 6) is -0.599. The molecule has 3 rings (SSSR count).